The Balaban J connectivity index is 2.18. The minimum absolute atomic E-state index is 0.624. The lowest BCUT2D eigenvalue weighted by Crippen LogP contribution is -2.56. The number of rotatable bonds is 2. The molecule has 1 aliphatic heterocycles. The van der Waals surface area contributed by atoms with Crippen molar-refractivity contribution < 1.29 is 0 Å². The molecule has 1 fully saturated rings. The molecular weight excluding hydrogens is 230 g/mol. The summed E-state index contributed by atoms with van der Waals surface area (Å²) < 4.78 is 1.06. The third kappa shape index (κ3) is 1.69. The van der Waals surface area contributed by atoms with E-state index in [0.29, 0.717) is 6.04 Å². The van der Waals surface area contributed by atoms with E-state index in [9.17, 15) is 0 Å². The lowest BCUT2D eigenvalue weighted by atomic mass is 10.1. The second kappa shape index (κ2) is 3.64. The lowest BCUT2D eigenvalue weighted by molar-refractivity contribution is 0.428. The Labute approximate surface area is 86.3 Å². The molecule has 70 valence electrons. The van der Waals surface area contributed by atoms with Crippen LogP contribution in [0, 0.1) is 0 Å². The predicted molar refractivity (Wildman–Crippen MR) is 57.0 cm³/mol. The first-order valence-corrected chi connectivity index (χ1v) is 5.11. The van der Waals surface area contributed by atoms with Gasteiger partial charge in [0, 0.05) is 32.5 Å². The molecule has 1 aliphatic rings. The Morgan fingerprint density at radius 1 is 1.62 bits per heavy atom. The predicted octanol–water partition coefficient (Wildman–Crippen LogP) is 1.25. The van der Waals surface area contributed by atoms with Gasteiger partial charge in [0.2, 0.25) is 0 Å². The molecular formula is C9H12BrN3. The van der Waals surface area contributed by atoms with E-state index < -0.39 is 0 Å². The molecule has 0 aromatic carbocycles. The topological polar surface area (TPSA) is 28.2 Å². The summed E-state index contributed by atoms with van der Waals surface area (Å²) in [5.41, 5.74) is 1.21. The first kappa shape index (κ1) is 8.97. The van der Waals surface area contributed by atoms with Crippen molar-refractivity contribution in [3.63, 3.8) is 0 Å². The van der Waals surface area contributed by atoms with E-state index in [1.54, 1.807) is 0 Å². The Morgan fingerprint density at radius 2 is 2.38 bits per heavy atom. The minimum Gasteiger partial charge on any atom is -0.368 e. The van der Waals surface area contributed by atoms with E-state index in [-0.39, 0.29) is 0 Å². The van der Waals surface area contributed by atoms with Crippen LogP contribution < -0.4 is 10.2 Å². The van der Waals surface area contributed by atoms with Crippen LogP contribution in [0.15, 0.2) is 22.9 Å². The zero-order chi connectivity index (χ0) is 9.26. The number of aromatic nitrogens is 1. The molecule has 0 amide bonds. The number of halogens is 1. The normalized spacial score (nSPS) is 16.8. The number of hydrogen-bond donors (Lipinski definition) is 1. The molecule has 0 aliphatic carbocycles. The van der Waals surface area contributed by atoms with Gasteiger partial charge in [-0.15, -0.1) is 0 Å². The second-order valence-corrected chi connectivity index (χ2v) is 4.10. The zero-order valence-electron chi connectivity index (χ0n) is 7.50. The van der Waals surface area contributed by atoms with Crippen LogP contribution in [-0.4, -0.2) is 31.2 Å². The Bertz CT molecular complexity index is 299. The van der Waals surface area contributed by atoms with Crippen LogP contribution in [0.1, 0.15) is 0 Å². The van der Waals surface area contributed by atoms with Crippen molar-refractivity contribution in [2.75, 3.05) is 25.0 Å². The third-order valence-corrected chi connectivity index (χ3v) is 3.05. The maximum Gasteiger partial charge on any atom is 0.0592 e. The van der Waals surface area contributed by atoms with Gasteiger partial charge in [-0.1, -0.05) is 0 Å². The van der Waals surface area contributed by atoms with Crippen molar-refractivity contribution in [2.24, 2.45) is 0 Å². The smallest absolute Gasteiger partial charge is 0.0592 e. The molecule has 1 N–H and O–H groups in total. The molecule has 0 saturated carbocycles. The molecule has 1 aromatic rings. The Kier molecular flexibility index (Phi) is 2.51. The minimum atomic E-state index is 0.624. The lowest BCUT2D eigenvalue weighted by Gasteiger charge is -2.37. The van der Waals surface area contributed by atoms with E-state index in [4.69, 9.17) is 0 Å². The average Bonchev–Trinajstić information content (AvgIpc) is 2.01. The first-order valence-electron chi connectivity index (χ1n) is 4.32. The Hall–Kier alpha value is -0.610. The highest BCUT2D eigenvalue weighted by molar-refractivity contribution is 9.10. The van der Waals surface area contributed by atoms with Gasteiger partial charge in [-0.3, -0.25) is 4.98 Å². The van der Waals surface area contributed by atoms with E-state index in [0.717, 1.165) is 17.6 Å². The van der Waals surface area contributed by atoms with E-state index >= 15 is 0 Å². The van der Waals surface area contributed by atoms with Crippen molar-refractivity contribution in [2.45, 2.75) is 6.04 Å². The SMILES string of the molecule is CN(c1ccncc1Br)C1CNC1. The van der Waals surface area contributed by atoms with Gasteiger partial charge in [0.15, 0.2) is 0 Å². The summed E-state index contributed by atoms with van der Waals surface area (Å²) in [5.74, 6) is 0. The summed E-state index contributed by atoms with van der Waals surface area (Å²) >= 11 is 3.49. The van der Waals surface area contributed by atoms with E-state index in [1.807, 2.05) is 18.5 Å². The molecule has 2 rings (SSSR count). The quantitative estimate of drug-likeness (QED) is 0.846. The van der Waals surface area contributed by atoms with Gasteiger partial charge in [0.05, 0.1) is 16.2 Å². The molecule has 3 nitrogen and oxygen atoms in total. The van der Waals surface area contributed by atoms with Crippen molar-refractivity contribution in [1.82, 2.24) is 10.3 Å². The van der Waals surface area contributed by atoms with Crippen LogP contribution in [0.25, 0.3) is 0 Å². The fraction of sp³-hybridized carbons (Fsp3) is 0.444. The maximum atomic E-state index is 4.04. The summed E-state index contributed by atoms with van der Waals surface area (Å²) in [7, 11) is 2.12. The van der Waals surface area contributed by atoms with Crippen LogP contribution >= 0.6 is 15.9 Å². The van der Waals surface area contributed by atoms with Crippen LogP contribution in [0.3, 0.4) is 0 Å². The van der Waals surface area contributed by atoms with E-state index in [1.165, 1.54) is 5.69 Å². The largest absolute Gasteiger partial charge is 0.368 e. The number of nitrogens with one attached hydrogen (secondary N) is 1. The molecule has 0 radical (unpaired) electrons. The number of likely N-dealkylation sites (N-methyl/N-ethyl adjacent to an activating group) is 1. The molecule has 13 heavy (non-hydrogen) atoms. The highest BCUT2D eigenvalue weighted by Gasteiger charge is 2.22. The average molecular weight is 242 g/mol. The van der Waals surface area contributed by atoms with Gasteiger partial charge >= 0.3 is 0 Å². The zero-order valence-corrected chi connectivity index (χ0v) is 9.08. The highest BCUT2D eigenvalue weighted by atomic mass is 79.9. The number of anilines is 1. The Morgan fingerprint density at radius 3 is 2.92 bits per heavy atom. The molecule has 0 unspecified atom stereocenters. The van der Waals surface area contributed by atoms with Crippen LogP contribution in [0.2, 0.25) is 0 Å². The second-order valence-electron chi connectivity index (χ2n) is 3.25. The van der Waals surface area contributed by atoms with Gasteiger partial charge in [0.1, 0.15) is 0 Å². The monoisotopic (exact) mass is 241 g/mol. The van der Waals surface area contributed by atoms with Gasteiger partial charge in [-0.2, -0.15) is 0 Å². The number of nitrogens with zero attached hydrogens (tertiary/aromatic N) is 2. The molecule has 2 heterocycles. The van der Waals surface area contributed by atoms with Gasteiger partial charge in [0.25, 0.3) is 0 Å². The highest BCUT2D eigenvalue weighted by Crippen LogP contribution is 2.25. The summed E-state index contributed by atoms with van der Waals surface area (Å²) in [6, 6.07) is 2.65. The number of hydrogen-bond acceptors (Lipinski definition) is 3. The van der Waals surface area contributed by atoms with Gasteiger partial charge in [-0.25, -0.2) is 0 Å². The van der Waals surface area contributed by atoms with Crippen molar-refractivity contribution in [3.05, 3.63) is 22.9 Å². The summed E-state index contributed by atoms with van der Waals surface area (Å²) in [6.07, 6.45) is 3.65. The maximum absolute atomic E-state index is 4.04. The standard InChI is InChI=1S/C9H12BrN3/c1-13(7-4-12-5-7)9-2-3-11-6-8(9)10/h2-3,6-7,12H,4-5H2,1H3. The molecule has 0 atom stereocenters. The molecule has 0 bridgehead atoms. The van der Waals surface area contributed by atoms with Crippen LogP contribution in [0.4, 0.5) is 5.69 Å². The van der Waals surface area contributed by atoms with E-state index in [2.05, 4.69) is 38.2 Å². The van der Waals surface area contributed by atoms with Crippen molar-refractivity contribution in [3.8, 4) is 0 Å². The summed E-state index contributed by atoms with van der Waals surface area (Å²) in [5, 5.41) is 3.26. The fourth-order valence-corrected chi connectivity index (χ4v) is 1.93. The summed E-state index contributed by atoms with van der Waals surface area (Å²) in [4.78, 5) is 6.32. The fourth-order valence-electron chi connectivity index (χ4n) is 1.40. The summed E-state index contributed by atoms with van der Waals surface area (Å²) in [6.45, 7) is 2.15. The molecule has 1 aromatic heterocycles. The molecule has 1 saturated heterocycles. The van der Waals surface area contributed by atoms with Gasteiger partial charge in [-0.05, 0) is 22.0 Å². The first-order chi connectivity index (χ1) is 6.29. The van der Waals surface area contributed by atoms with Crippen LogP contribution in [0.5, 0.6) is 0 Å². The van der Waals surface area contributed by atoms with Crippen molar-refractivity contribution in [1.29, 1.82) is 0 Å². The third-order valence-electron chi connectivity index (χ3n) is 2.44. The van der Waals surface area contributed by atoms with Crippen LogP contribution in [-0.2, 0) is 0 Å². The molecule has 4 heteroatoms. The number of pyridine rings is 1. The van der Waals surface area contributed by atoms with Gasteiger partial charge < -0.3 is 10.2 Å². The molecule has 0 spiro atoms. The van der Waals surface area contributed by atoms with Crippen molar-refractivity contribution >= 4 is 21.6 Å².